The number of hydrogen-bond donors (Lipinski definition) is 0. The van der Waals surface area contributed by atoms with Crippen molar-refractivity contribution in [2.75, 3.05) is 0 Å². The van der Waals surface area contributed by atoms with Gasteiger partial charge in [0.15, 0.2) is 0 Å². The van der Waals surface area contributed by atoms with Crippen molar-refractivity contribution < 1.29 is 0 Å². The topological polar surface area (TPSA) is 25.8 Å². The Hall–Kier alpha value is -7.16. The van der Waals surface area contributed by atoms with Gasteiger partial charge in [-0.25, -0.2) is 9.97 Å². The minimum atomic E-state index is 0.922. The lowest BCUT2D eigenvalue weighted by Gasteiger charge is -2.17. The predicted molar refractivity (Wildman–Crippen MR) is 229 cm³/mol. The molecule has 0 saturated carbocycles. The molecule has 0 fully saturated rings. The van der Waals surface area contributed by atoms with E-state index >= 15 is 0 Å². The summed E-state index contributed by atoms with van der Waals surface area (Å²) in [6, 6.07) is 69.8. The summed E-state index contributed by atoms with van der Waals surface area (Å²) in [6.45, 7) is 0. The fourth-order valence-corrected chi connectivity index (χ4v) is 8.37. The van der Waals surface area contributed by atoms with Gasteiger partial charge >= 0.3 is 0 Å². The van der Waals surface area contributed by atoms with Gasteiger partial charge in [-0.05, 0) is 90.6 Å². The standard InChI is InChI=1S/C52H32N2/c1-3-14-35-28-37(26-24-33(35)12-1)41-31-48(53-49(32-41)39-27-25-34-13-2-4-15-36(34)29-39)38-16-11-17-40(30-38)52-51-45-21-8-6-19-43(45)42-18-5-7-20-44(42)50(51)46-22-9-10-23-47(46)54-52/h1-32H. The van der Waals surface area contributed by atoms with E-state index < -0.39 is 0 Å². The van der Waals surface area contributed by atoms with Crippen LogP contribution in [-0.2, 0) is 0 Å². The number of hydrogen-bond acceptors (Lipinski definition) is 2. The first-order valence-corrected chi connectivity index (χ1v) is 18.5. The molecule has 0 aliphatic heterocycles. The van der Waals surface area contributed by atoms with Crippen LogP contribution in [0.15, 0.2) is 194 Å². The van der Waals surface area contributed by atoms with Gasteiger partial charge in [0.2, 0.25) is 0 Å². The Kier molecular flexibility index (Phi) is 6.90. The second-order valence-electron chi connectivity index (χ2n) is 14.1. The maximum Gasteiger partial charge on any atom is 0.0794 e. The first-order chi connectivity index (χ1) is 26.7. The summed E-state index contributed by atoms with van der Waals surface area (Å²) < 4.78 is 0. The van der Waals surface area contributed by atoms with Crippen molar-refractivity contribution in [1.29, 1.82) is 0 Å². The van der Waals surface area contributed by atoms with Crippen LogP contribution >= 0.6 is 0 Å². The molecule has 0 N–H and O–H groups in total. The van der Waals surface area contributed by atoms with E-state index in [2.05, 4.69) is 194 Å². The van der Waals surface area contributed by atoms with Gasteiger partial charge in [0, 0.05) is 32.8 Å². The van der Waals surface area contributed by atoms with Crippen molar-refractivity contribution in [1.82, 2.24) is 9.97 Å². The van der Waals surface area contributed by atoms with Crippen molar-refractivity contribution in [2.45, 2.75) is 0 Å². The van der Waals surface area contributed by atoms with Gasteiger partial charge in [-0.15, -0.1) is 0 Å². The molecule has 54 heavy (non-hydrogen) atoms. The molecule has 0 aliphatic carbocycles. The summed E-state index contributed by atoms with van der Waals surface area (Å²) in [5.41, 5.74) is 9.33. The Morgan fingerprint density at radius 3 is 1.44 bits per heavy atom. The van der Waals surface area contributed by atoms with E-state index in [1.807, 2.05) is 0 Å². The smallest absolute Gasteiger partial charge is 0.0794 e. The monoisotopic (exact) mass is 684 g/mol. The van der Waals surface area contributed by atoms with Crippen molar-refractivity contribution >= 4 is 64.8 Å². The molecule has 0 unspecified atom stereocenters. The average molecular weight is 685 g/mol. The highest BCUT2D eigenvalue weighted by atomic mass is 14.7. The number of para-hydroxylation sites is 1. The van der Waals surface area contributed by atoms with E-state index in [4.69, 9.17) is 9.97 Å². The lowest BCUT2D eigenvalue weighted by atomic mass is 9.89. The van der Waals surface area contributed by atoms with Gasteiger partial charge in [0.05, 0.1) is 22.6 Å². The average Bonchev–Trinajstić information content (AvgIpc) is 3.25. The molecule has 9 aromatic carbocycles. The molecule has 11 aromatic rings. The summed E-state index contributed by atoms with van der Waals surface area (Å²) in [5, 5.41) is 13.4. The van der Waals surface area contributed by atoms with Crippen molar-refractivity contribution in [3.8, 4) is 44.9 Å². The van der Waals surface area contributed by atoms with E-state index in [9.17, 15) is 0 Å². The van der Waals surface area contributed by atoms with E-state index in [0.717, 1.165) is 50.4 Å². The van der Waals surface area contributed by atoms with Crippen LogP contribution in [0.4, 0.5) is 0 Å². The summed E-state index contributed by atoms with van der Waals surface area (Å²) >= 11 is 0. The predicted octanol–water partition coefficient (Wildman–Crippen LogP) is 14.1. The van der Waals surface area contributed by atoms with E-state index in [-0.39, 0.29) is 0 Å². The molecule has 11 rings (SSSR count). The minimum absolute atomic E-state index is 0.922. The minimum Gasteiger partial charge on any atom is -0.248 e. The van der Waals surface area contributed by atoms with Gasteiger partial charge in [0.25, 0.3) is 0 Å². The van der Waals surface area contributed by atoms with Crippen molar-refractivity contribution in [3.63, 3.8) is 0 Å². The zero-order valence-electron chi connectivity index (χ0n) is 29.4. The van der Waals surface area contributed by atoms with Crippen LogP contribution in [-0.4, -0.2) is 9.97 Å². The number of fused-ring (bicyclic) bond motifs is 10. The molecule has 0 bridgehead atoms. The maximum atomic E-state index is 5.43. The number of pyridine rings is 2. The molecule has 2 aromatic heterocycles. The van der Waals surface area contributed by atoms with Gasteiger partial charge in [-0.1, -0.05) is 158 Å². The number of nitrogens with zero attached hydrogens (tertiary/aromatic N) is 2. The molecular weight excluding hydrogens is 653 g/mol. The number of rotatable bonds is 4. The number of benzene rings is 9. The Labute approximate surface area is 312 Å². The molecule has 0 saturated heterocycles. The van der Waals surface area contributed by atoms with Crippen molar-refractivity contribution in [2.24, 2.45) is 0 Å². The molecule has 250 valence electrons. The first kappa shape index (κ1) is 30.5. The highest BCUT2D eigenvalue weighted by molar-refractivity contribution is 6.33. The third-order valence-electron chi connectivity index (χ3n) is 11.0. The fourth-order valence-electron chi connectivity index (χ4n) is 8.37. The van der Waals surface area contributed by atoms with Crippen LogP contribution in [0.3, 0.4) is 0 Å². The van der Waals surface area contributed by atoms with Crippen LogP contribution < -0.4 is 0 Å². The van der Waals surface area contributed by atoms with E-state index in [1.54, 1.807) is 0 Å². The SMILES string of the molecule is c1cc(-c2cc(-c3ccc4ccccc4c3)cc(-c3ccc4ccccc4c3)n2)cc(-c2nc3ccccc3c3c4ccccc4c4ccccc4c23)c1. The molecule has 0 aliphatic rings. The van der Waals surface area contributed by atoms with Gasteiger partial charge in [-0.2, -0.15) is 0 Å². The third-order valence-corrected chi connectivity index (χ3v) is 11.0. The Morgan fingerprint density at radius 2 is 0.759 bits per heavy atom. The van der Waals surface area contributed by atoms with Crippen LogP contribution in [0.5, 0.6) is 0 Å². The highest BCUT2D eigenvalue weighted by Gasteiger charge is 2.18. The number of aromatic nitrogens is 2. The van der Waals surface area contributed by atoms with Crippen LogP contribution in [0, 0.1) is 0 Å². The zero-order chi connectivity index (χ0) is 35.6. The van der Waals surface area contributed by atoms with Crippen molar-refractivity contribution in [3.05, 3.63) is 194 Å². The van der Waals surface area contributed by atoms with Crippen LogP contribution in [0.1, 0.15) is 0 Å². The van der Waals surface area contributed by atoms with E-state index in [0.29, 0.717) is 0 Å². The summed E-state index contributed by atoms with van der Waals surface area (Å²) in [4.78, 5) is 10.8. The van der Waals surface area contributed by atoms with Crippen LogP contribution in [0.25, 0.3) is 110 Å². The quantitative estimate of drug-likeness (QED) is 0.172. The second kappa shape index (κ2) is 12.2. The lowest BCUT2D eigenvalue weighted by Crippen LogP contribution is -1.94. The molecule has 0 atom stereocenters. The summed E-state index contributed by atoms with van der Waals surface area (Å²) in [6.07, 6.45) is 0. The maximum absolute atomic E-state index is 5.43. The third kappa shape index (κ3) is 4.96. The second-order valence-corrected chi connectivity index (χ2v) is 14.1. The molecule has 2 nitrogen and oxygen atoms in total. The fraction of sp³-hybridized carbons (Fsp3) is 0. The molecule has 2 heteroatoms. The van der Waals surface area contributed by atoms with E-state index in [1.165, 1.54) is 59.2 Å². The Morgan fingerprint density at radius 1 is 0.259 bits per heavy atom. The molecule has 2 heterocycles. The van der Waals surface area contributed by atoms with Gasteiger partial charge in [-0.3, -0.25) is 0 Å². The van der Waals surface area contributed by atoms with Gasteiger partial charge < -0.3 is 0 Å². The Bertz CT molecular complexity index is 3190. The summed E-state index contributed by atoms with van der Waals surface area (Å²) in [7, 11) is 0. The molecule has 0 spiro atoms. The lowest BCUT2D eigenvalue weighted by molar-refractivity contribution is 1.32. The first-order valence-electron chi connectivity index (χ1n) is 18.5. The highest BCUT2D eigenvalue weighted by Crippen LogP contribution is 2.43. The summed E-state index contributed by atoms with van der Waals surface area (Å²) in [5.74, 6) is 0. The zero-order valence-corrected chi connectivity index (χ0v) is 29.4. The Balaban J connectivity index is 1.16. The molecular formula is C52H32N2. The van der Waals surface area contributed by atoms with Crippen LogP contribution in [0.2, 0.25) is 0 Å². The largest absolute Gasteiger partial charge is 0.248 e. The molecule has 0 radical (unpaired) electrons. The van der Waals surface area contributed by atoms with Gasteiger partial charge in [0.1, 0.15) is 0 Å². The molecule has 0 amide bonds. The normalized spacial score (nSPS) is 11.7.